The normalized spacial score (nSPS) is 22.4. The predicted molar refractivity (Wildman–Crippen MR) is 118 cm³/mol. The number of aromatic nitrogens is 1. The minimum atomic E-state index is -1.87. The average molecular weight is 449 g/mol. The Balaban J connectivity index is 1.68. The number of hydrogen-bond donors (Lipinski definition) is 3. The largest absolute Gasteiger partial charge is 0.388 e. The second-order valence-electron chi connectivity index (χ2n) is 8.97. The summed E-state index contributed by atoms with van der Waals surface area (Å²) >= 11 is 1.56. The van der Waals surface area contributed by atoms with Gasteiger partial charge in [0.15, 0.2) is 6.17 Å². The lowest BCUT2D eigenvalue weighted by Gasteiger charge is -2.32. The Morgan fingerprint density at radius 3 is 2.55 bits per heavy atom. The Hall–Kier alpha value is -2.36. The molecule has 0 unspecified atom stereocenters. The second-order valence-corrected chi connectivity index (χ2v) is 9.83. The highest BCUT2D eigenvalue weighted by atomic mass is 32.1. The van der Waals surface area contributed by atoms with Gasteiger partial charge in [0.25, 0.3) is 0 Å². The average Bonchev–Trinajstić information content (AvgIpc) is 3.28. The van der Waals surface area contributed by atoms with Crippen LogP contribution in [0.5, 0.6) is 0 Å². The number of β-amino-alcohol motifs (C(OH)–C–C–N with tert-alkyl or cyclic N) is 1. The third-order valence-electron chi connectivity index (χ3n) is 5.57. The van der Waals surface area contributed by atoms with Crippen LogP contribution in [-0.2, 0) is 16.1 Å². The molecule has 1 aliphatic heterocycles. The number of aliphatic hydroxyl groups is 1. The molecule has 0 bridgehead atoms. The number of alkyl halides is 1. The highest BCUT2D eigenvalue weighted by Crippen LogP contribution is 2.28. The Labute approximate surface area is 185 Å². The van der Waals surface area contributed by atoms with Crippen LogP contribution in [0.25, 0.3) is 10.4 Å². The van der Waals surface area contributed by atoms with Crippen molar-refractivity contribution in [3.63, 3.8) is 0 Å². The van der Waals surface area contributed by atoms with Crippen LogP contribution in [0.1, 0.15) is 32.0 Å². The van der Waals surface area contributed by atoms with Gasteiger partial charge >= 0.3 is 0 Å². The van der Waals surface area contributed by atoms with Crippen LogP contribution in [0.3, 0.4) is 0 Å². The number of hydrogen-bond acceptors (Lipinski definition) is 6. The number of benzene rings is 1. The van der Waals surface area contributed by atoms with Gasteiger partial charge in [-0.1, -0.05) is 45.0 Å². The number of thiazole rings is 1. The molecule has 1 fully saturated rings. The molecule has 2 heterocycles. The molecule has 1 aromatic heterocycles. The molecule has 0 aliphatic carbocycles. The summed E-state index contributed by atoms with van der Waals surface area (Å²) in [6.07, 6.45) is -3.29. The molecule has 4 atom stereocenters. The van der Waals surface area contributed by atoms with E-state index >= 15 is 0 Å². The van der Waals surface area contributed by atoms with Crippen LogP contribution in [0.2, 0.25) is 0 Å². The molecule has 1 aromatic carbocycles. The van der Waals surface area contributed by atoms with Crippen LogP contribution in [0, 0.1) is 12.3 Å². The summed E-state index contributed by atoms with van der Waals surface area (Å²) in [5.41, 5.74) is 10.1. The van der Waals surface area contributed by atoms with Gasteiger partial charge in [0.05, 0.1) is 28.7 Å². The molecule has 0 saturated carbocycles. The highest BCUT2D eigenvalue weighted by Gasteiger charge is 2.49. The van der Waals surface area contributed by atoms with Gasteiger partial charge in [0.1, 0.15) is 12.1 Å². The third-order valence-corrected chi connectivity index (χ3v) is 6.55. The fourth-order valence-corrected chi connectivity index (χ4v) is 4.32. The first-order valence-electron chi connectivity index (χ1n) is 10.2. The lowest BCUT2D eigenvalue weighted by atomic mass is 9.86. The van der Waals surface area contributed by atoms with Crippen molar-refractivity contribution >= 4 is 23.2 Å². The van der Waals surface area contributed by atoms with E-state index in [1.807, 2.05) is 31.2 Å². The summed E-state index contributed by atoms with van der Waals surface area (Å²) in [4.78, 5) is 31.9. The molecule has 168 valence electrons. The number of likely N-dealkylation sites (tertiary alicyclic amines) is 1. The fourth-order valence-electron chi connectivity index (χ4n) is 3.51. The van der Waals surface area contributed by atoms with Crippen LogP contribution in [-0.4, -0.2) is 57.7 Å². The molecule has 7 nitrogen and oxygen atoms in total. The standard InChI is InChI=1S/C22H29FN4O3S/c1-12-18(31-11-26-12)14-7-5-13(6-8-14)9-25-20(29)17-16(23)15(28)10-27(17)21(30)19(24)22(2,3)4/h5-8,11,15-17,19,28H,9-10,24H2,1-4H3,(H,25,29)/t15-,16-,17-,19+/m0/s1. The quantitative estimate of drug-likeness (QED) is 0.649. The topological polar surface area (TPSA) is 109 Å². The minimum Gasteiger partial charge on any atom is -0.388 e. The van der Waals surface area contributed by atoms with Gasteiger partial charge in [-0.15, -0.1) is 11.3 Å². The van der Waals surface area contributed by atoms with Crippen LogP contribution >= 0.6 is 11.3 Å². The predicted octanol–water partition coefficient (Wildman–Crippen LogP) is 2.02. The van der Waals surface area contributed by atoms with Gasteiger partial charge in [-0.3, -0.25) is 9.59 Å². The monoisotopic (exact) mass is 448 g/mol. The molecule has 3 rings (SSSR count). The number of halogens is 1. The molecule has 1 saturated heterocycles. The number of nitrogens with zero attached hydrogens (tertiary/aromatic N) is 2. The van der Waals surface area contributed by atoms with Gasteiger partial charge in [-0.05, 0) is 23.5 Å². The Kier molecular flexibility index (Phi) is 6.78. The summed E-state index contributed by atoms with van der Waals surface area (Å²) in [5, 5.41) is 12.6. The minimum absolute atomic E-state index is 0.174. The van der Waals surface area contributed by atoms with Gasteiger partial charge in [0, 0.05) is 6.54 Å². The molecule has 0 radical (unpaired) electrons. The van der Waals surface area contributed by atoms with Crippen molar-refractivity contribution in [1.82, 2.24) is 15.2 Å². The number of carbonyl (C=O) groups excluding carboxylic acids is 2. The molecule has 2 amide bonds. The smallest absolute Gasteiger partial charge is 0.246 e. The van der Waals surface area contributed by atoms with Crippen molar-refractivity contribution in [3.05, 3.63) is 41.0 Å². The molecule has 31 heavy (non-hydrogen) atoms. The van der Waals surface area contributed by atoms with Crippen molar-refractivity contribution in [2.45, 2.75) is 58.6 Å². The maximum Gasteiger partial charge on any atom is 0.246 e. The molecule has 0 spiro atoms. The van der Waals surface area contributed by atoms with E-state index in [1.165, 1.54) is 0 Å². The zero-order valence-electron chi connectivity index (χ0n) is 18.1. The van der Waals surface area contributed by atoms with Crippen molar-refractivity contribution in [2.75, 3.05) is 6.54 Å². The summed E-state index contributed by atoms with van der Waals surface area (Å²) in [6.45, 7) is 7.24. The van der Waals surface area contributed by atoms with Gasteiger partial charge in [-0.25, -0.2) is 9.37 Å². The van der Waals surface area contributed by atoms with E-state index < -0.39 is 41.6 Å². The molecule has 4 N–H and O–H groups in total. The number of carbonyl (C=O) groups is 2. The Morgan fingerprint density at radius 2 is 2.00 bits per heavy atom. The zero-order valence-corrected chi connectivity index (χ0v) is 18.9. The van der Waals surface area contributed by atoms with E-state index in [2.05, 4.69) is 10.3 Å². The zero-order chi connectivity index (χ0) is 22.9. The molecule has 9 heteroatoms. The van der Waals surface area contributed by atoms with Crippen molar-refractivity contribution in [3.8, 4) is 10.4 Å². The molecule has 2 aromatic rings. The number of aliphatic hydroxyl groups excluding tert-OH is 1. The first-order valence-corrected chi connectivity index (χ1v) is 11.0. The number of nitrogens with two attached hydrogens (primary N) is 1. The summed E-state index contributed by atoms with van der Waals surface area (Å²) in [6, 6.07) is 5.32. The number of aryl methyl sites for hydroxylation is 1. The third kappa shape index (κ3) is 4.94. The molecule has 1 aliphatic rings. The van der Waals surface area contributed by atoms with E-state index in [1.54, 1.807) is 37.6 Å². The van der Waals surface area contributed by atoms with E-state index in [-0.39, 0.29) is 13.1 Å². The van der Waals surface area contributed by atoms with Gasteiger partial charge in [-0.2, -0.15) is 0 Å². The van der Waals surface area contributed by atoms with Crippen molar-refractivity contribution in [2.24, 2.45) is 11.1 Å². The fraction of sp³-hybridized carbons (Fsp3) is 0.500. The second kappa shape index (κ2) is 9.02. The van der Waals surface area contributed by atoms with E-state index in [4.69, 9.17) is 5.73 Å². The lowest BCUT2D eigenvalue weighted by molar-refractivity contribution is -0.142. The van der Waals surface area contributed by atoms with Crippen LogP contribution in [0.4, 0.5) is 4.39 Å². The maximum atomic E-state index is 14.6. The number of nitrogens with one attached hydrogen (secondary N) is 1. The van der Waals surface area contributed by atoms with E-state index in [9.17, 15) is 19.1 Å². The van der Waals surface area contributed by atoms with Crippen molar-refractivity contribution in [1.29, 1.82) is 0 Å². The molecular formula is C22H29FN4O3S. The Morgan fingerprint density at radius 1 is 1.35 bits per heavy atom. The molecular weight excluding hydrogens is 419 g/mol. The van der Waals surface area contributed by atoms with E-state index in [0.29, 0.717) is 0 Å². The van der Waals surface area contributed by atoms with Gasteiger partial charge < -0.3 is 21.1 Å². The highest BCUT2D eigenvalue weighted by molar-refractivity contribution is 7.13. The summed E-state index contributed by atoms with van der Waals surface area (Å²) in [5.74, 6) is -1.20. The lowest BCUT2D eigenvalue weighted by Crippen LogP contribution is -2.56. The van der Waals surface area contributed by atoms with Crippen LogP contribution in [0.15, 0.2) is 29.8 Å². The SMILES string of the molecule is Cc1ncsc1-c1ccc(CNC(=O)[C@@H]2[C@@H](F)[C@@H](O)CN2C(=O)[C@@H](N)C(C)(C)C)cc1. The Bertz CT molecular complexity index is 941. The first-order chi connectivity index (χ1) is 14.5. The maximum absolute atomic E-state index is 14.6. The summed E-state index contributed by atoms with van der Waals surface area (Å²) in [7, 11) is 0. The number of rotatable bonds is 5. The van der Waals surface area contributed by atoms with E-state index in [0.717, 1.165) is 26.6 Å². The van der Waals surface area contributed by atoms with Gasteiger partial charge in [0.2, 0.25) is 11.8 Å². The first kappa shape index (κ1) is 23.3. The number of amides is 2. The van der Waals surface area contributed by atoms with Crippen LogP contribution < -0.4 is 11.1 Å². The van der Waals surface area contributed by atoms with Crippen molar-refractivity contribution < 1.29 is 19.1 Å². The summed E-state index contributed by atoms with van der Waals surface area (Å²) < 4.78 is 14.6.